The van der Waals surface area contributed by atoms with Crippen LogP contribution in [0.1, 0.15) is 23.6 Å². The van der Waals surface area contributed by atoms with E-state index in [-0.39, 0.29) is 6.04 Å². The largest absolute Gasteiger partial charge is 0.493 e. The number of para-hydroxylation sites is 1. The number of nitrogens with one attached hydrogen (secondary N) is 1. The van der Waals surface area contributed by atoms with Gasteiger partial charge in [-0.05, 0) is 24.6 Å². The van der Waals surface area contributed by atoms with Crippen LogP contribution in [0.4, 0.5) is 5.69 Å². The summed E-state index contributed by atoms with van der Waals surface area (Å²) in [4.78, 5) is 4.13. The molecule has 0 radical (unpaired) electrons. The Bertz CT molecular complexity index is 580. The Hall–Kier alpha value is -1.74. The molecule has 2 aromatic rings. The third-order valence-electron chi connectivity index (χ3n) is 3.39. The summed E-state index contributed by atoms with van der Waals surface area (Å²) in [6.45, 7) is 2.74. The van der Waals surface area contributed by atoms with Gasteiger partial charge in [0.2, 0.25) is 0 Å². The van der Waals surface area contributed by atoms with Crippen LogP contribution in [-0.4, -0.2) is 11.6 Å². The van der Waals surface area contributed by atoms with E-state index in [2.05, 4.69) is 16.4 Å². The van der Waals surface area contributed by atoms with Crippen molar-refractivity contribution in [2.24, 2.45) is 0 Å². The maximum atomic E-state index is 6.17. The first kappa shape index (κ1) is 12.3. The second kappa shape index (κ2) is 5.10. The van der Waals surface area contributed by atoms with Crippen molar-refractivity contribution in [2.75, 3.05) is 11.9 Å². The van der Waals surface area contributed by atoms with Gasteiger partial charge in [0.1, 0.15) is 5.75 Å². The van der Waals surface area contributed by atoms with Crippen LogP contribution in [-0.2, 0) is 0 Å². The van der Waals surface area contributed by atoms with E-state index in [1.165, 1.54) is 5.56 Å². The summed E-state index contributed by atoms with van der Waals surface area (Å²) in [6.07, 6.45) is 2.64. The smallest absolute Gasteiger partial charge is 0.152 e. The zero-order chi connectivity index (χ0) is 13.2. The summed E-state index contributed by atoms with van der Waals surface area (Å²) in [5, 5.41) is 4.02. The van der Waals surface area contributed by atoms with Gasteiger partial charge in [0.15, 0.2) is 5.15 Å². The Kier molecular flexibility index (Phi) is 3.30. The number of pyridine rings is 1. The molecule has 19 heavy (non-hydrogen) atoms. The van der Waals surface area contributed by atoms with Crippen LogP contribution in [0.5, 0.6) is 5.75 Å². The molecule has 4 heteroatoms. The standard InChI is InChI=1S/C15H15ClN2O/c1-10-6-8-17-15(16)14(10)18-12-7-9-19-13-5-3-2-4-11(12)13/h2-6,8,12,18H,7,9H2,1H3. The lowest BCUT2D eigenvalue weighted by molar-refractivity contribution is 0.274. The third kappa shape index (κ3) is 2.38. The van der Waals surface area contributed by atoms with Crippen LogP contribution in [0.15, 0.2) is 36.5 Å². The molecule has 0 aliphatic carbocycles. The van der Waals surface area contributed by atoms with E-state index < -0.39 is 0 Å². The number of anilines is 1. The Morgan fingerprint density at radius 2 is 2.16 bits per heavy atom. The maximum absolute atomic E-state index is 6.17. The van der Waals surface area contributed by atoms with Crippen LogP contribution in [0.25, 0.3) is 0 Å². The van der Waals surface area contributed by atoms with Crippen LogP contribution in [0.3, 0.4) is 0 Å². The van der Waals surface area contributed by atoms with E-state index in [4.69, 9.17) is 16.3 Å². The number of hydrogen-bond donors (Lipinski definition) is 1. The number of hydrogen-bond acceptors (Lipinski definition) is 3. The highest BCUT2D eigenvalue weighted by Gasteiger charge is 2.22. The number of fused-ring (bicyclic) bond motifs is 1. The summed E-state index contributed by atoms with van der Waals surface area (Å²) in [5.74, 6) is 0.948. The molecule has 1 unspecified atom stereocenters. The summed E-state index contributed by atoms with van der Waals surface area (Å²) < 4.78 is 5.66. The first-order chi connectivity index (χ1) is 9.25. The zero-order valence-electron chi connectivity index (χ0n) is 10.7. The quantitative estimate of drug-likeness (QED) is 0.841. The molecule has 1 aliphatic heterocycles. The van der Waals surface area contributed by atoms with E-state index in [9.17, 15) is 0 Å². The molecule has 1 N–H and O–H groups in total. The second-order valence-corrected chi connectivity index (χ2v) is 5.02. The molecule has 0 fully saturated rings. The number of halogens is 1. The molecule has 0 bridgehead atoms. The molecule has 1 atom stereocenters. The first-order valence-electron chi connectivity index (χ1n) is 6.35. The number of nitrogens with zero attached hydrogens (tertiary/aromatic N) is 1. The Morgan fingerprint density at radius 3 is 3.00 bits per heavy atom. The molecular formula is C15H15ClN2O. The van der Waals surface area contributed by atoms with Crippen molar-refractivity contribution in [1.82, 2.24) is 4.98 Å². The summed E-state index contributed by atoms with van der Waals surface area (Å²) in [7, 11) is 0. The number of rotatable bonds is 2. The summed E-state index contributed by atoms with van der Waals surface area (Å²) >= 11 is 6.17. The third-order valence-corrected chi connectivity index (χ3v) is 3.68. The number of ether oxygens (including phenoxy) is 1. The molecular weight excluding hydrogens is 260 g/mol. The molecule has 1 aliphatic rings. The van der Waals surface area contributed by atoms with Gasteiger partial charge in [-0.3, -0.25) is 0 Å². The fraction of sp³-hybridized carbons (Fsp3) is 0.267. The predicted octanol–water partition coefficient (Wildman–Crippen LogP) is 3.98. The van der Waals surface area contributed by atoms with Crippen molar-refractivity contribution < 1.29 is 4.74 Å². The maximum Gasteiger partial charge on any atom is 0.152 e. The lowest BCUT2D eigenvalue weighted by Gasteiger charge is -2.28. The van der Waals surface area contributed by atoms with Gasteiger partial charge in [0, 0.05) is 18.2 Å². The number of aromatic nitrogens is 1. The van der Waals surface area contributed by atoms with E-state index in [0.717, 1.165) is 23.4 Å². The van der Waals surface area contributed by atoms with E-state index >= 15 is 0 Å². The fourth-order valence-electron chi connectivity index (χ4n) is 2.36. The average molecular weight is 275 g/mol. The van der Waals surface area contributed by atoms with Gasteiger partial charge in [-0.25, -0.2) is 4.98 Å². The van der Waals surface area contributed by atoms with Gasteiger partial charge < -0.3 is 10.1 Å². The first-order valence-corrected chi connectivity index (χ1v) is 6.73. The highest BCUT2D eigenvalue weighted by Crippen LogP contribution is 2.36. The Labute approximate surface area is 117 Å². The van der Waals surface area contributed by atoms with Crippen molar-refractivity contribution >= 4 is 17.3 Å². The average Bonchev–Trinajstić information content (AvgIpc) is 2.43. The van der Waals surface area contributed by atoms with E-state index in [1.807, 2.05) is 31.2 Å². The molecule has 2 heterocycles. The zero-order valence-corrected chi connectivity index (χ0v) is 11.4. The van der Waals surface area contributed by atoms with E-state index in [1.54, 1.807) is 6.20 Å². The predicted molar refractivity (Wildman–Crippen MR) is 76.9 cm³/mol. The van der Waals surface area contributed by atoms with Gasteiger partial charge in [-0.15, -0.1) is 0 Å². The Morgan fingerprint density at radius 1 is 1.32 bits per heavy atom. The SMILES string of the molecule is Cc1ccnc(Cl)c1NC1CCOc2ccccc21. The lowest BCUT2D eigenvalue weighted by atomic mass is 10.00. The van der Waals surface area contributed by atoms with Crippen LogP contribution in [0, 0.1) is 6.92 Å². The molecule has 3 nitrogen and oxygen atoms in total. The van der Waals surface area contributed by atoms with Gasteiger partial charge in [-0.2, -0.15) is 0 Å². The second-order valence-electron chi connectivity index (χ2n) is 4.67. The van der Waals surface area contributed by atoms with Gasteiger partial charge >= 0.3 is 0 Å². The van der Waals surface area contributed by atoms with Crippen molar-refractivity contribution in [2.45, 2.75) is 19.4 Å². The van der Waals surface area contributed by atoms with Gasteiger partial charge in [0.05, 0.1) is 18.3 Å². The summed E-state index contributed by atoms with van der Waals surface area (Å²) in [6, 6.07) is 10.3. The lowest BCUT2D eigenvalue weighted by Crippen LogP contribution is -2.20. The van der Waals surface area contributed by atoms with Crippen molar-refractivity contribution in [3.63, 3.8) is 0 Å². The van der Waals surface area contributed by atoms with Crippen molar-refractivity contribution in [3.8, 4) is 5.75 Å². The van der Waals surface area contributed by atoms with Crippen LogP contribution >= 0.6 is 11.6 Å². The topological polar surface area (TPSA) is 34.2 Å². The molecule has 0 saturated heterocycles. The molecule has 3 rings (SSSR count). The molecule has 1 aromatic carbocycles. The van der Waals surface area contributed by atoms with E-state index in [0.29, 0.717) is 11.8 Å². The van der Waals surface area contributed by atoms with Crippen molar-refractivity contribution in [1.29, 1.82) is 0 Å². The minimum atomic E-state index is 0.213. The molecule has 0 spiro atoms. The normalized spacial score (nSPS) is 17.5. The highest BCUT2D eigenvalue weighted by molar-refractivity contribution is 6.32. The van der Waals surface area contributed by atoms with Gasteiger partial charge in [0.25, 0.3) is 0 Å². The van der Waals surface area contributed by atoms with Crippen molar-refractivity contribution in [3.05, 3.63) is 52.8 Å². The monoisotopic (exact) mass is 274 g/mol. The number of benzene rings is 1. The Balaban J connectivity index is 1.93. The molecule has 98 valence electrons. The molecule has 0 amide bonds. The molecule has 0 saturated carbocycles. The summed E-state index contributed by atoms with van der Waals surface area (Å²) in [5.41, 5.74) is 3.18. The highest BCUT2D eigenvalue weighted by atomic mass is 35.5. The van der Waals surface area contributed by atoms with Crippen LogP contribution in [0.2, 0.25) is 5.15 Å². The minimum Gasteiger partial charge on any atom is -0.493 e. The minimum absolute atomic E-state index is 0.213. The van der Waals surface area contributed by atoms with Crippen LogP contribution < -0.4 is 10.1 Å². The van der Waals surface area contributed by atoms with Gasteiger partial charge in [-0.1, -0.05) is 29.8 Å². The molecule has 1 aromatic heterocycles. The number of aryl methyl sites for hydroxylation is 1. The fourth-order valence-corrected chi connectivity index (χ4v) is 2.62.